The Morgan fingerprint density at radius 2 is 2.31 bits per heavy atom. The fraction of sp³-hybridized carbons (Fsp3) is 0.308. The molecular weight excluding hydrogens is 200 g/mol. The zero-order valence-corrected chi connectivity index (χ0v) is 9.66. The summed E-state index contributed by atoms with van der Waals surface area (Å²) in [6, 6.07) is 7.76. The minimum atomic E-state index is 0.589. The van der Waals surface area contributed by atoms with Crippen LogP contribution < -0.4 is 10.1 Å². The van der Waals surface area contributed by atoms with Crippen molar-refractivity contribution < 1.29 is 4.74 Å². The monoisotopic (exact) mass is 216 g/mol. The van der Waals surface area contributed by atoms with Gasteiger partial charge in [-0.2, -0.15) is 5.26 Å². The van der Waals surface area contributed by atoms with Crippen molar-refractivity contribution in [2.24, 2.45) is 0 Å². The SMILES string of the molecule is CNCCC=Cc1cccc(OC)c1C#N. The van der Waals surface area contributed by atoms with Crippen LogP contribution in [-0.2, 0) is 0 Å². The molecule has 0 aliphatic heterocycles. The normalized spacial score (nSPS) is 10.3. The molecule has 0 atom stereocenters. The first-order valence-corrected chi connectivity index (χ1v) is 5.21. The molecule has 0 aromatic heterocycles. The maximum Gasteiger partial charge on any atom is 0.137 e. The van der Waals surface area contributed by atoms with Gasteiger partial charge in [0.15, 0.2) is 0 Å². The predicted octanol–water partition coefficient (Wildman–Crippen LogP) is 2.19. The zero-order valence-electron chi connectivity index (χ0n) is 9.66. The minimum absolute atomic E-state index is 0.589. The maximum absolute atomic E-state index is 9.06. The summed E-state index contributed by atoms with van der Waals surface area (Å²) in [6.45, 7) is 0.933. The van der Waals surface area contributed by atoms with Gasteiger partial charge in [-0.3, -0.25) is 0 Å². The summed E-state index contributed by atoms with van der Waals surface area (Å²) in [6.07, 6.45) is 4.95. The van der Waals surface area contributed by atoms with Crippen LogP contribution in [0.2, 0.25) is 0 Å². The molecule has 0 spiro atoms. The van der Waals surface area contributed by atoms with Crippen LogP contribution >= 0.6 is 0 Å². The van der Waals surface area contributed by atoms with Crippen molar-refractivity contribution in [2.75, 3.05) is 20.7 Å². The largest absolute Gasteiger partial charge is 0.495 e. The Balaban J connectivity index is 2.88. The standard InChI is InChI=1S/C13H16N2O/c1-15-9-4-3-6-11-7-5-8-13(16-2)12(11)10-14/h3,5-8,15H,4,9H2,1-2H3. The van der Waals surface area contributed by atoms with E-state index in [1.165, 1.54) is 0 Å². The molecule has 1 aromatic carbocycles. The predicted molar refractivity (Wildman–Crippen MR) is 65.3 cm³/mol. The van der Waals surface area contributed by atoms with Crippen molar-refractivity contribution in [3.8, 4) is 11.8 Å². The van der Waals surface area contributed by atoms with Crippen molar-refractivity contribution >= 4 is 6.08 Å². The Labute approximate surface area is 96.4 Å². The zero-order chi connectivity index (χ0) is 11.8. The molecule has 0 fully saturated rings. The number of methoxy groups -OCH3 is 1. The van der Waals surface area contributed by atoms with Crippen LogP contribution in [-0.4, -0.2) is 20.7 Å². The summed E-state index contributed by atoms with van der Waals surface area (Å²) in [5.41, 5.74) is 1.49. The van der Waals surface area contributed by atoms with Gasteiger partial charge in [0.2, 0.25) is 0 Å². The van der Waals surface area contributed by atoms with Gasteiger partial charge in [0.05, 0.1) is 7.11 Å². The Hall–Kier alpha value is -1.79. The third kappa shape index (κ3) is 3.11. The Bertz CT molecular complexity index is 405. The molecule has 84 valence electrons. The number of nitriles is 1. The van der Waals surface area contributed by atoms with Gasteiger partial charge in [-0.1, -0.05) is 24.3 Å². The topological polar surface area (TPSA) is 45.0 Å². The smallest absolute Gasteiger partial charge is 0.137 e. The highest BCUT2D eigenvalue weighted by molar-refractivity contribution is 5.62. The average molecular weight is 216 g/mol. The summed E-state index contributed by atoms with van der Waals surface area (Å²) < 4.78 is 5.14. The molecule has 0 unspecified atom stereocenters. The van der Waals surface area contributed by atoms with Crippen LogP contribution in [0.25, 0.3) is 6.08 Å². The third-order valence-corrected chi connectivity index (χ3v) is 2.25. The van der Waals surface area contributed by atoms with Crippen LogP contribution in [0, 0.1) is 11.3 Å². The van der Waals surface area contributed by atoms with Gasteiger partial charge < -0.3 is 10.1 Å². The van der Waals surface area contributed by atoms with Crippen LogP contribution in [0.15, 0.2) is 24.3 Å². The maximum atomic E-state index is 9.06. The number of hydrogen-bond acceptors (Lipinski definition) is 3. The molecule has 0 amide bonds. The summed E-state index contributed by atoms with van der Waals surface area (Å²) in [4.78, 5) is 0. The molecule has 16 heavy (non-hydrogen) atoms. The minimum Gasteiger partial charge on any atom is -0.495 e. The van der Waals surface area contributed by atoms with Crippen molar-refractivity contribution in [1.29, 1.82) is 5.26 Å². The van der Waals surface area contributed by atoms with Gasteiger partial charge in [0.25, 0.3) is 0 Å². The molecule has 0 radical (unpaired) electrons. The lowest BCUT2D eigenvalue weighted by Gasteiger charge is -2.04. The highest BCUT2D eigenvalue weighted by Gasteiger charge is 2.04. The van der Waals surface area contributed by atoms with E-state index in [2.05, 4.69) is 11.4 Å². The van der Waals surface area contributed by atoms with Crippen molar-refractivity contribution in [1.82, 2.24) is 5.32 Å². The molecule has 0 saturated heterocycles. The quantitative estimate of drug-likeness (QED) is 0.767. The van der Waals surface area contributed by atoms with E-state index in [0.29, 0.717) is 11.3 Å². The summed E-state index contributed by atoms with van der Waals surface area (Å²) in [7, 11) is 3.49. The lowest BCUT2D eigenvalue weighted by atomic mass is 10.1. The molecule has 1 N–H and O–H groups in total. The number of nitrogens with one attached hydrogen (secondary N) is 1. The average Bonchev–Trinajstić information content (AvgIpc) is 2.34. The third-order valence-electron chi connectivity index (χ3n) is 2.25. The summed E-state index contributed by atoms with van der Waals surface area (Å²) >= 11 is 0. The van der Waals surface area contributed by atoms with Gasteiger partial charge in [0, 0.05) is 0 Å². The van der Waals surface area contributed by atoms with E-state index in [0.717, 1.165) is 18.5 Å². The van der Waals surface area contributed by atoms with Crippen LogP contribution in [0.5, 0.6) is 5.75 Å². The molecule has 1 aromatic rings. The van der Waals surface area contributed by atoms with E-state index >= 15 is 0 Å². The van der Waals surface area contributed by atoms with E-state index in [1.807, 2.05) is 31.3 Å². The fourth-order valence-corrected chi connectivity index (χ4v) is 1.41. The number of rotatable bonds is 5. The highest BCUT2D eigenvalue weighted by Crippen LogP contribution is 2.22. The molecule has 0 aliphatic carbocycles. The van der Waals surface area contributed by atoms with Crippen LogP contribution in [0.4, 0.5) is 0 Å². The second-order valence-electron chi connectivity index (χ2n) is 3.33. The Kier molecular flexibility index (Phi) is 5.10. The van der Waals surface area contributed by atoms with Crippen molar-refractivity contribution in [3.05, 3.63) is 35.4 Å². The number of ether oxygens (including phenoxy) is 1. The molecule has 0 aliphatic rings. The first kappa shape index (κ1) is 12.3. The molecule has 3 nitrogen and oxygen atoms in total. The second-order valence-corrected chi connectivity index (χ2v) is 3.33. The van der Waals surface area contributed by atoms with E-state index in [4.69, 9.17) is 10.00 Å². The summed E-state index contributed by atoms with van der Waals surface area (Å²) in [5.74, 6) is 0.623. The number of hydrogen-bond donors (Lipinski definition) is 1. The molecule has 1 rings (SSSR count). The van der Waals surface area contributed by atoms with Gasteiger partial charge in [-0.15, -0.1) is 0 Å². The van der Waals surface area contributed by atoms with Crippen molar-refractivity contribution in [3.63, 3.8) is 0 Å². The molecule has 3 heteroatoms. The molecular formula is C13H16N2O. The number of nitrogens with zero attached hydrogens (tertiary/aromatic N) is 1. The molecule has 0 heterocycles. The van der Waals surface area contributed by atoms with Crippen LogP contribution in [0.3, 0.4) is 0 Å². The van der Waals surface area contributed by atoms with E-state index in [1.54, 1.807) is 13.2 Å². The van der Waals surface area contributed by atoms with E-state index in [-0.39, 0.29) is 0 Å². The Morgan fingerprint density at radius 3 is 2.94 bits per heavy atom. The van der Waals surface area contributed by atoms with Gasteiger partial charge in [-0.25, -0.2) is 0 Å². The highest BCUT2D eigenvalue weighted by atomic mass is 16.5. The molecule has 0 bridgehead atoms. The lowest BCUT2D eigenvalue weighted by Crippen LogP contribution is -2.05. The van der Waals surface area contributed by atoms with Crippen LogP contribution in [0.1, 0.15) is 17.5 Å². The first-order valence-electron chi connectivity index (χ1n) is 5.21. The Morgan fingerprint density at radius 1 is 1.50 bits per heavy atom. The van der Waals surface area contributed by atoms with Gasteiger partial charge >= 0.3 is 0 Å². The van der Waals surface area contributed by atoms with Crippen molar-refractivity contribution in [2.45, 2.75) is 6.42 Å². The molecule has 0 saturated carbocycles. The van der Waals surface area contributed by atoms with E-state index < -0.39 is 0 Å². The van der Waals surface area contributed by atoms with E-state index in [9.17, 15) is 0 Å². The lowest BCUT2D eigenvalue weighted by molar-refractivity contribution is 0.413. The number of benzene rings is 1. The van der Waals surface area contributed by atoms with Gasteiger partial charge in [0.1, 0.15) is 17.4 Å². The van der Waals surface area contributed by atoms with Gasteiger partial charge in [-0.05, 0) is 31.6 Å². The summed E-state index contributed by atoms with van der Waals surface area (Å²) in [5, 5.41) is 12.1. The second kappa shape index (κ2) is 6.65. The first-order chi connectivity index (χ1) is 7.83. The fourth-order valence-electron chi connectivity index (χ4n) is 1.41.